The molecule has 1 unspecified atom stereocenters. The molecule has 8 heteroatoms. The Labute approximate surface area is 112 Å². The molecule has 20 heavy (non-hydrogen) atoms. The van der Waals surface area contributed by atoms with Crippen molar-refractivity contribution in [3.8, 4) is 11.8 Å². The summed E-state index contributed by atoms with van der Waals surface area (Å²) in [6.07, 6.45) is -7.61. The molecule has 1 aromatic carbocycles. The van der Waals surface area contributed by atoms with Crippen LogP contribution in [0.25, 0.3) is 0 Å². The van der Waals surface area contributed by atoms with Crippen molar-refractivity contribution in [2.45, 2.75) is 25.6 Å². The van der Waals surface area contributed by atoms with Crippen LogP contribution in [0.1, 0.15) is 12.5 Å². The van der Waals surface area contributed by atoms with E-state index >= 15 is 0 Å². The van der Waals surface area contributed by atoms with Gasteiger partial charge in [-0.1, -0.05) is 0 Å². The van der Waals surface area contributed by atoms with Crippen LogP contribution in [-0.4, -0.2) is 19.1 Å². The number of nitrogens with one attached hydrogen (secondary N) is 1. The molecular weight excluding hydrogens is 283 g/mol. The van der Waals surface area contributed by atoms with Gasteiger partial charge in [-0.15, -0.1) is 0 Å². The van der Waals surface area contributed by atoms with E-state index in [1.165, 1.54) is 13.0 Å². The highest BCUT2D eigenvalue weighted by molar-refractivity contribution is 5.53. The van der Waals surface area contributed by atoms with Gasteiger partial charge in [0.2, 0.25) is 0 Å². The first-order valence-corrected chi connectivity index (χ1v) is 5.52. The van der Waals surface area contributed by atoms with Crippen LogP contribution in [0, 0.1) is 11.3 Å². The van der Waals surface area contributed by atoms with E-state index in [1.54, 1.807) is 6.07 Å². The first-order valence-electron chi connectivity index (χ1n) is 5.52. The summed E-state index contributed by atoms with van der Waals surface area (Å²) in [6.45, 7) is 0.346. The third-order valence-electron chi connectivity index (χ3n) is 2.23. The zero-order valence-corrected chi connectivity index (χ0v) is 10.3. The van der Waals surface area contributed by atoms with Crippen molar-refractivity contribution < 1.29 is 26.7 Å². The minimum Gasteiger partial charge on any atom is -0.487 e. The maximum Gasteiger partial charge on any atom is 0.420 e. The van der Waals surface area contributed by atoms with Crippen molar-refractivity contribution >= 4 is 5.69 Å². The number of rotatable bonds is 5. The molecule has 3 nitrogen and oxygen atoms in total. The SMILES string of the molecule is CC(C#N)Nc1ccc(OCC(F)F)c(C(F)(F)F)c1. The quantitative estimate of drug-likeness (QED) is 0.843. The normalized spacial score (nSPS) is 12.9. The molecular formula is C12H11F5N2O. The summed E-state index contributed by atoms with van der Waals surface area (Å²) in [5.74, 6) is -0.673. The number of halogens is 5. The molecule has 0 aliphatic heterocycles. The number of hydrogen-bond donors (Lipinski definition) is 1. The molecule has 0 aliphatic carbocycles. The molecule has 0 amide bonds. The van der Waals surface area contributed by atoms with Gasteiger partial charge in [-0.05, 0) is 25.1 Å². The Morgan fingerprint density at radius 2 is 2.00 bits per heavy atom. The molecule has 0 fully saturated rings. The second kappa shape index (κ2) is 6.41. The lowest BCUT2D eigenvalue weighted by Gasteiger charge is -2.16. The van der Waals surface area contributed by atoms with Crippen molar-refractivity contribution in [1.82, 2.24) is 0 Å². The van der Waals surface area contributed by atoms with Gasteiger partial charge in [0.25, 0.3) is 6.43 Å². The number of alkyl halides is 5. The van der Waals surface area contributed by atoms with Crippen LogP contribution in [0.4, 0.5) is 27.6 Å². The number of nitriles is 1. The van der Waals surface area contributed by atoms with Crippen molar-refractivity contribution in [2.75, 3.05) is 11.9 Å². The minimum absolute atomic E-state index is 0.0516. The number of nitrogens with zero attached hydrogens (tertiary/aromatic N) is 1. The summed E-state index contributed by atoms with van der Waals surface area (Å²) in [6, 6.07) is 4.00. The van der Waals surface area contributed by atoms with Gasteiger partial charge in [0.15, 0.2) is 0 Å². The van der Waals surface area contributed by atoms with Crippen LogP contribution in [0.2, 0.25) is 0 Å². The van der Waals surface area contributed by atoms with Gasteiger partial charge in [0.05, 0.1) is 11.6 Å². The summed E-state index contributed by atoms with van der Waals surface area (Å²) in [4.78, 5) is 0. The first kappa shape index (κ1) is 16.0. The van der Waals surface area contributed by atoms with Gasteiger partial charge >= 0.3 is 6.18 Å². The second-order valence-corrected chi connectivity index (χ2v) is 3.91. The zero-order valence-electron chi connectivity index (χ0n) is 10.3. The fourth-order valence-electron chi connectivity index (χ4n) is 1.40. The summed E-state index contributed by atoms with van der Waals surface area (Å²) in [7, 11) is 0. The van der Waals surface area contributed by atoms with E-state index in [2.05, 4.69) is 10.1 Å². The van der Waals surface area contributed by atoms with Gasteiger partial charge in [-0.3, -0.25) is 0 Å². The predicted molar refractivity (Wildman–Crippen MR) is 61.6 cm³/mol. The standard InChI is InChI=1S/C12H11F5N2O/c1-7(5-18)19-8-2-3-10(20-6-11(13)14)9(4-8)12(15,16)17/h2-4,7,11,19H,6H2,1H3. The average Bonchev–Trinajstić information content (AvgIpc) is 2.35. The molecule has 0 radical (unpaired) electrons. The molecule has 0 aliphatic rings. The van der Waals surface area contributed by atoms with Crippen LogP contribution >= 0.6 is 0 Å². The van der Waals surface area contributed by atoms with Crippen LogP contribution < -0.4 is 10.1 Å². The zero-order chi connectivity index (χ0) is 15.3. The average molecular weight is 294 g/mol. The Kier molecular flexibility index (Phi) is 5.13. The fourth-order valence-corrected chi connectivity index (χ4v) is 1.40. The van der Waals surface area contributed by atoms with Crippen LogP contribution in [-0.2, 0) is 6.18 Å². The van der Waals surface area contributed by atoms with Gasteiger partial charge in [-0.2, -0.15) is 18.4 Å². The van der Waals surface area contributed by atoms with E-state index < -0.39 is 36.6 Å². The van der Waals surface area contributed by atoms with Crippen molar-refractivity contribution in [1.29, 1.82) is 5.26 Å². The Bertz CT molecular complexity index is 496. The molecule has 0 saturated heterocycles. The predicted octanol–water partition coefficient (Wildman–Crippen LogP) is 3.67. The molecule has 0 aromatic heterocycles. The van der Waals surface area contributed by atoms with E-state index in [1.807, 2.05) is 0 Å². The Hall–Kier alpha value is -2.04. The van der Waals surface area contributed by atoms with Crippen LogP contribution in [0.3, 0.4) is 0 Å². The summed E-state index contributed by atoms with van der Waals surface area (Å²) in [5.41, 5.74) is -1.12. The second-order valence-electron chi connectivity index (χ2n) is 3.91. The maximum atomic E-state index is 12.8. The van der Waals surface area contributed by atoms with E-state index in [0.717, 1.165) is 6.07 Å². The lowest BCUT2D eigenvalue weighted by Crippen LogP contribution is -2.15. The van der Waals surface area contributed by atoms with Gasteiger partial charge in [0.1, 0.15) is 18.4 Å². The van der Waals surface area contributed by atoms with E-state index in [0.29, 0.717) is 6.07 Å². The lowest BCUT2D eigenvalue weighted by molar-refractivity contribution is -0.139. The number of ether oxygens (including phenoxy) is 1. The van der Waals surface area contributed by atoms with Crippen molar-refractivity contribution in [3.05, 3.63) is 23.8 Å². The molecule has 0 saturated carbocycles. The molecule has 1 N–H and O–H groups in total. The minimum atomic E-state index is -4.75. The Morgan fingerprint density at radius 3 is 2.50 bits per heavy atom. The third kappa shape index (κ3) is 4.57. The third-order valence-corrected chi connectivity index (χ3v) is 2.23. The summed E-state index contributed by atoms with van der Waals surface area (Å²) < 4.78 is 66.9. The van der Waals surface area contributed by atoms with Crippen molar-refractivity contribution in [3.63, 3.8) is 0 Å². The van der Waals surface area contributed by atoms with E-state index in [-0.39, 0.29) is 5.69 Å². The molecule has 1 atom stereocenters. The van der Waals surface area contributed by atoms with Crippen molar-refractivity contribution in [2.24, 2.45) is 0 Å². The van der Waals surface area contributed by atoms with Crippen LogP contribution in [0.15, 0.2) is 18.2 Å². The van der Waals surface area contributed by atoms with Gasteiger partial charge in [-0.25, -0.2) is 8.78 Å². The highest BCUT2D eigenvalue weighted by Crippen LogP contribution is 2.38. The lowest BCUT2D eigenvalue weighted by atomic mass is 10.1. The fraction of sp³-hybridized carbons (Fsp3) is 0.417. The molecule has 0 bridgehead atoms. The Morgan fingerprint density at radius 1 is 1.35 bits per heavy atom. The number of anilines is 1. The summed E-state index contributed by atoms with van der Waals surface area (Å²) in [5, 5.41) is 11.1. The first-order chi connectivity index (χ1) is 9.24. The van der Waals surface area contributed by atoms with Gasteiger partial charge in [0, 0.05) is 5.69 Å². The molecule has 110 valence electrons. The van der Waals surface area contributed by atoms with E-state index in [4.69, 9.17) is 5.26 Å². The number of hydrogen-bond acceptors (Lipinski definition) is 3. The molecule has 0 spiro atoms. The maximum absolute atomic E-state index is 12.8. The van der Waals surface area contributed by atoms with E-state index in [9.17, 15) is 22.0 Å². The van der Waals surface area contributed by atoms with Crippen LogP contribution in [0.5, 0.6) is 5.75 Å². The largest absolute Gasteiger partial charge is 0.487 e. The van der Waals surface area contributed by atoms with Gasteiger partial charge < -0.3 is 10.1 Å². The molecule has 1 aromatic rings. The summed E-state index contributed by atoms with van der Waals surface area (Å²) >= 11 is 0. The topological polar surface area (TPSA) is 45.0 Å². The molecule has 1 rings (SSSR count). The number of benzene rings is 1. The molecule has 0 heterocycles. The Balaban J connectivity index is 3.04. The monoisotopic (exact) mass is 294 g/mol. The smallest absolute Gasteiger partial charge is 0.420 e. The highest BCUT2D eigenvalue weighted by atomic mass is 19.4. The highest BCUT2D eigenvalue weighted by Gasteiger charge is 2.35.